The number of nitrogens with one attached hydrogen (secondary N) is 1. The molecule has 8 nitrogen and oxygen atoms in total. The molecule has 1 N–H and O–H groups in total. The number of carbonyl (C=O) groups excluding carboxylic acids is 1. The van der Waals surface area contributed by atoms with Gasteiger partial charge in [-0.15, -0.1) is 0 Å². The van der Waals surface area contributed by atoms with Crippen molar-refractivity contribution in [3.05, 3.63) is 52.2 Å². The van der Waals surface area contributed by atoms with Crippen LogP contribution >= 0.6 is 0 Å². The second-order valence-electron chi connectivity index (χ2n) is 6.32. The average Bonchev–Trinajstić information content (AvgIpc) is 3.02. The maximum Gasteiger partial charge on any atom is 0.274 e. The zero-order valence-electron chi connectivity index (χ0n) is 15.2. The van der Waals surface area contributed by atoms with E-state index in [4.69, 9.17) is 4.74 Å². The quantitative estimate of drug-likeness (QED) is 0.755. The largest absolute Gasteiger partial charge is 0.497 e. The lowest BCUT2D eigenvalue weighted by Gasteiger charge is -2.23. The van der Waals surface area contributed by atoms with E-state index in [1.54, 1.807) is 31.1 Å². The number of methoxy groups -OCH3 is 1. The van der Waals surface area contributed by atoms with Gasteiger partial charge in [0.2, 0.25) is 5.91 Å². The summed E-state index contributed by atoms with van der Waals surface area (Å²) in [7, 11) is 1.59. The molecule has 26 heavy (non-hydrogen) atoms. The lowest BCUT2D eigenvalue weighted by atomic mass is 10.1. The molecule has 8 heteroatoms. The first-order valence-electron chi connectivity index (χ1n) is 8.29. The summed E-state index contributed by atoms with van der Waals surface area (Å²) >= 11 is 0. The third-order valence-corrected chi connectivity index (χ3v) is 3.96. The van der Waals surface area contributed by atoms with Gasteiger partial charge < -0.3 is 9.64 Å². The van der Waals surface area contributed by atoms with Crippen molar-refractivity contribution >= 4 is 17.4 Å². The number of aromatic nitrogens is 4. The van der Waals surface area contributed by atoms with Gasteiger partial charge in [0.25, 0.3) is 11.3 Å². The third-order valence-electron chi connectivity index (χ3n) is 3.96. The third kappa shape index (κ3) is 3.44. The summed E-state index contributed by atoms with van der Waals surface area (Å²) < 4.78 is 6.44. The molecule has 0 aliphatic carbocycles. The van der Waals surface area contributed by atoms with Crippen LogP contribution in [0.5, 0.6) is 5.75 Å². The average molecular weight is 355 g/mol. The van der Waals surface area contributed by atoms with Gasteiger partial charge in [-0.3, -0.25) is 14.7 Å². The number of amides is 1. The number of anilines is 1. The van der Waals surface area contributed by atoms with E-state index < -0.39 is 0 Å². The van der Waals surface area contributed by atoms with Gasteiger partial charge in [-0.25, -0.2) is 4.98 Å². The van der Waals surface area contributed by atoms with E-state index in [0.717, 1.165) is 5.69 Å². The molecule has 2 heterocycles. The van der Waals surface area contributed by atoms with E-state index in [0.29, 0.717) is 17.3 Å². The van der Waals surface area contributed by atoms with Crippen LogP contribution in [0.3, 0.4) is 0 Å². The molecular weight excluding hydrogens is 334 g/mol. The maximum atomic E-state index is 12.7. The van der Waals surface area contributed by atoms with Crippen molar-refractivity contribution in [3.8, 4) is 5.75 Å². The Morgan fingerprint density at radius 3 is 2.58 bits per heavy atom. The molecule has 0 atom stereocenters. The molecule has 0 fully saturated rings. The van der Waals surface area contributed by atoms with E-state index in [-0.39, 0.29) is 29.7 Å². The Morgan fingerprint density at radius 2 is 1.96 bits per heavy atom. The number of aryl methyl sites for hydroxylation is 1. The van der Waals surface area contributed by atoms with Crippen molar-refractivity contribution in [3.63, 3.8) is 0 Å². The number of nitrogens with zero attached hydrogens (tertiary/aromatic N) is 4. The second kappa shape index (κ2) is 6.99. The molecule has 0 aliphatic heterocycles. The fourth-order valence-electron chi connectivity index (χ4n) is 2.63. The highest BCUT2D eigenvalue weighted by Crippen LogP contribution is 2.22. The van der Waals surface area contributed by atoms with Gasteiger partial charge in [-0.2, -0.15) is 9.50 Å². The molecular formula is C18H21N5O3. The zero-order chi connectivity index (χ0) is 18.8. The second-order valence-corrected chi connectivity index (χ2v) is 6.32. The van der Waals surface area contributed by atoms with Gasteiger partial charge >= 0.3 is 0 Å². The lowest BCUT2D eigenvalue weighted by Crippen LogP contribution is -2.34. The van der Waals surface area contributed by atoms with E-state index in [9.17, 15) is 9.59 Å². The van der Waals surface area contributed by atoms with Gasteiger partial charge in [0.1, 0.15) is 11.6 Å². The highest BCUT2D eigenvalue weighted by molar-refractivity contribution is 5.94. The smallest absolute Gasteiger partial charge is 0.274 e. The van der Waals surface area contributed by atoms with Gasteiger partial charge in [-0.05, 0) is 31.2 Å². The first-order valence-corrected chi connectivity index (χ1v) is 8.29. The number of benzene rings is 1. The number of hydrogen-bond donors (Lipinski definition) is 1. The van der Waals surface area contributed by atoms with Crippen LogP contribution in [0.2, 0.25) is 0 Å². The first kappa shape index (κ1) is 17.7. The molecule has 0 radical (unpaired) electrons. The van der Waals surface area contributed by atoms with E-state index >= 15 is 0 Å². The molecule has 0 bridgehead atoms. The molecule has 0 aliphatic rings. The fraction of sp³-hybridized carbons (Fsp3) is 0.333. The van der Waals surface area contributed by atoms with Crippen molar-refractivity contribution < 1.29 is 9.53 Å². The van der Waals surface area contributed by atoms with Gasteiger partial charge in [0, 0.05) is 23.4 Å². The van der Waals surface area contributed by atoms with E-state index in [2.05, 4.69) is 15.1 Å². The van der Waals surface area contributed by atoms with E-state index in [1.807, 2.05) is 26.0 Å². The molecule has 136 valence electrons. The Labute approximate surface area is 150 Å². The molecule has 0 spiro atoms. The molecule has 0 unspecified atom stereocenters. The fourth-order valence-corrected chi connectivity index (χ4v) is 2.63. The summed E-state index contributed by atoms with van der Waals surface area (Å²) in [6.07, 6.45) is 0. The summed E-state index contributed by atoms with van der Waals surface area (Å²) in [4.78, 5) is 35.0. The predicted octanol–water partition coefficient (Wildman–Crippen LogP) is 1.92. The van der Waals surface area contributed by atoms with Crippen LogP contribution in [-0.4, -0.2) is 32.6 Å². The van der Waals surface area contributed by atoms with Crippen molar-refractivity contribution in [2.45, 2.75) is 27.3 Å². The van der Waals surface area contributed by atoms with Crippen LogP contribution in [0.1, 0.15) is 25.4 Å². The van der Waals surface area contributed by atoms with Gasteiger partial charge in [-0.1, -0.05) is 13.8 Å². The van der Waals surface area contributed by atoms with Crippen molar-refractivity contribution in [2.75, 3.05) is 12.0 Å². The number of H-pyrrole nitrogens is 1. The Kier molecular flexibility index (Phi) is 4.75. The molecule has 3 aromatic rings. The molecule has 1 aromatic carbocycles. The standard InChI is InChI=1S/C18H21N5O3/c1-11(2)17(25)22(13-5-7-14(26-4)8-6-13)10-15-20-18-19-12(3)9-16(24)23(18)21-15/h5-9,11H,10H2,1-4H3,(H,19,20,21). The van der Waals surface area contributed by atoms with Crippen LogP contribution < -0.4 is 15.2 Å². The number of rotatable bonds is 5. The first-order chi connectivity index (χ1) is 12.4. The topological polar surface area (TPSA) is 92.6 Å². The predicted molar refractivity (Wildman–Crippen MR) is 97.4 cm³/mol. The monoisotopic (exact) mass is 355 g/mol. The molecule has 3 rings (SSSR count). The summed E-state index contributed by atoms with van der Waals surface area (Å²) in [6.45, 7) is 5.62. The molecule has 0 saturated carbocycles. The summed E-state index contributed by atoms with van der Waals surface area (Å²) in [5, 5.41) is 2.92. The van der Waals surface area contributed by atoms with Crippen molar-refractivity contribution in [1.82, 2.24) is 19.6 Å². The van der Waals surface area contributed by atoms with Crippen LogP contribution in [-0.2, 0) is 11.3 Å². The number of ether oxygens (including phenoxy) is 1. The van der Waals surface area contributed by atoms with Crippen molar-refractivity contribution in [2.24, 2.45) is 5.92 Å². The van der Waals surface area contributed by atoms with Crippen LogP contribution in [0.15, 0.2) is 35.1 Å². The van der Waals surface area contributed by atoms with Crippen LogP contribution in [0.4, 0.5) is 5.69 Å². The Balaban J connectivity index is 1.98. The minimum atomic E-state index is -0.238. The molecule has 2 aromatic heterocycles. The Morgan fingerprint density at radius 1 is 1.27 bits per heavy atom. The number of fused-ring (bicyclic) bond motifs is 1. The summed E-state index contributed by atoms with van der Waals surface area (Å²) in [6, 6.07) is 8.65. The minimum Gasteiger partial charge on any atom is -0.497 e. The maximum absolute atomic E-state index is 12.7. The van der Waals surface area contributed by atoms with Gasteiger partial charge in [0.05, 0.1) is 13.7 Å². The summed E-state index contributed by atoms with van der Waals surface area (Å²) in [5.41, 5.74) is 1.08. The summed E-state index contributed by atoms with van der Waals surface area (Å²) in [5.74, 6) is 1.24. The number of carbonyl (C=O) groups is 1. The SMILES string of the molecule is COc1ccc(N(Cc2nc3nc(C)cc(=O)n3[nH]2)C(=O)C(C)C)cc1. The van der Waals surface area contributed by atoms with Crippen LogP contribution in [0, 0.1) is 12.8 Å². The minimum absolute atomic E-state index is 0.0490. The lowest BCUT2D eigenvalue weighted by molar-refractivity contribution is -0.121. The Bertz CT molecular complexity index is 988. The number of hydrogen-bond acceptors (Lipinski definition) is 5. The van der Waals surface area contributed by atoms with E-state index in [1.165, 1.54) is 10.6 Å². The Hall–Kier alpha value is -3.16. The van der Waals surface area contributed by atoms with Gasteiger partial charge in [0.15, 0.2) is 0 Å². The van der Waals surface area contributed by atoms with Crippen molar-refractivity contribution in [1.29, 1.82) is 0 Å². The highest BCUT2D eigenvalue weighted by Gasteiger charge is 2.21. The molecule has 1 amide bonds. The highest BCUT2D eigenvalue weighted by atomic mass is 16.5. The normalized spacial score (nSPS) is 11.1. The zero-order valence-corrected chi connectivity index (χ0v) is 15.2. The number of aromatic amines is 1. The molecule has 0 saturated heterocycles. The van der Waals surface area contributed by atoms with Crippen LogP contribution in [0.25, 0.3) is 5.78 Å².